The number of hydrogen-bond donors (Lipinski definition) is 1. The highest BCUT2D eigenvalue weighted by Crippen LogP contribution is 2.11. The van der Waals surface area contributed by atoms with Gasteiger partial charge in [-0.05, 0) is 24.0 Å². The lowest BCUT2D eigenvalue weighted by atomic mass is 10.0. The molecule has 0 aliphatic heterocycles. The van der Waals surface area contributed by atoms with Gasteiger partial charge in [0.2, 0.25) is 5.91 Å². The summed E-state index contributed by atoms with van der Waals surface area (Å²) in [6, 6.07) is 8.38. The van der Waals surface area contributed by atoms with E-state index in [-0.39, 0.29) is 11.8 Å². The van der Waals surface area contributed by atoms with Gasteiger partial charge in [-0.1, -0.05) is 45.0 Å². The number of rotatable bonds is 6. The van der Waals surface area contributed by atoms with Crippen LogP contribution in [0.4, 0.5) is 0 Å². The molecule has 0 spiro atoms. The van der Waals surface area contributed by atoms with Gasteiger partial charge >= 0.3 is 0 Å². The number of carbonyl (C=O) groups is 1. The van der Waals surface area contributed by atoms with Gasteiger partial charge in [0.05, 0.1) is 6.67 Å². The minimum absolute atomic E-state index is 0.00923. The number of amides is 1. The van der Waals surface area contributed by atoms with E-state index in [9.17, 15) is 4.79 Å². The minimum Gasteiger partial charge on any atom is -0.330 e. The molecule has 18 heavy (non-hydrogen) atoms. The molecule has 0 unspecified atom stereocenters. The topological polar surface area (TPSA) is 46.3 Å². The Hall–Kier alpha value is -1.35. The Morgan fingerprint density at radius 3 is 2.39 bits per heavy atom. The van der Waals surface area contributed by atoms with E-state index in [1.165, 1.54) is 11.1 Å². The van der Waals surface area contributed by atoms with Crippen molar-refractivity contribution in [2.45, 2.75) is 33.6 Å². The zero-order valence-corrected chi connectivity index (χ0v) is 11.6. The summed E-state index contributed by atoms with van der Waals surface area (Å²) in [5.74, 6) is 0.140. The van der Waals surface area contributed by atoms with Crippen molar-refractivity contribution in [3.05, 3.63) is 35.4 Å². The van der Waals surface area contributed by atoms with Gasteiger partial charge in [0, 0.05) is 12.5 Å². The molecule has 0 bridgehead atoms. The molecule has 3 heteroatoms. The van der Waals surface area contributed by atoms with Gasteiger partial charge in [0.1, 0.15) is 0 Å². The summed E-state index contributed by atoms with van der Waals surface area (Å²) in [6.45, 7) is 6.96. The molecule has 0 aliphatic rings. The molecule has 0 aromatic heterocycles. The standard InChI is InChI=1S/C15H24N2O/c1-4-13-7-5-6-8-14(13)9-10-17(11-16)15(18)12(2)3/h5-8,12H,4,9-11,16H2,1-3H3. The predicted octanol–water partition coefficient (Wildman–Crippen LogP) is 2.19. The summed E-state index contributed by atoms with van der Waals surface area (Å²) in [6.07, 6.45) is 1.90. The molecule has 0 saturated carbocycles. The Labute approximate surface area is 110 Å². The summed E-state index contributed by atoms with van der Waals surface area (Å²) in [5, 5.41) is 0. The molecule has 0 aliphatic carbocycles. The highest BCUT2D eigenvalue weighted by atomic mass is 16.2. The number of nitrogens with two attached hydrogens (primary N) is 1. The fraction of sp³-hybridized carbons (Fsp3) is 0.533. The molecule has 0 fully saturated rings. The molecular formula is C15H24N2O. The van der Waals surface area contributed by atoms with E-state index in [2.05, 4.69) is 25.1 Å². The van der Waals surface area contributed by atoms with E-state index < -0.39 is 0 Å². The first kappa shape index (κ1) is 14.7. The SMILES string of the molecule is CCc1ccccc1CCN(CN)C(=O)C(C)C. The van der Waals surface area contributed by atoms with Crippen molar-refractivity contribution in [1.29, 1.82) is 0 Å². The Bertz CT molecular complexity index is 388. The van der Waals surface area contributed by atoms with Crippen LogP contribution >= 0.6 is 0 Å². The lowest BCUT2D eigenvalue weighted by Gasteiger charge is -2.23. The average Bonchev–Trinajstić information content (AvgIpc) is 2.39. The van der Waals surface area contributed by atoms with E-state index >= 15 is 0 Å². The second-order valence-electron chi connectivity index (χ2n) is 4.81. The first-order chi connectivity index (χ1) is 8.60. The van der Waals surface area contributed by atoms with E-state index in [1.54, 1.807) is 4.90 Å². The van der Waals surface area contributed by atoms with Gasteiger partial charge in [-0.25, -0.2) is 0 Å². The van der Waals surface area contributed by atoms with Crippen LogP contribution in [0.2, 0.25) is 0 Å². The normalized spacial score (nSPS) is 10.7. The van der Waals surface area contributed by atoms with Gasteiger partial charge in [-0.3, -0.25) is 4.79 Å². The number of aryl methyl sites for hydroxylation is 1. The maximum atomic E-state index is 11.9. The van der Waals surface area contributed by atoms with Gasteiger partial charge in [-0.15, -0.1) is 0 Å². The third-order valence-electron chi connectivity index (χ3n) is 3.18. The zero-order valence-electron chi connectivity index (χ0n) is 11.6. The molecule has 1 aromatic rings. The van der Waals surface area contributed by atoms with E-state index in [4.69, 9.17) is 5.73 Å². The van der Waals surface area contributed by atoms with Crippen molar-refractivity contribution < 1.29 is 4.79 Å². The highest BCUT2D eigenvalue weighted by molar-refractivity contribution is 5.78. The summed E-state index contributed by atoms with van der Waals surface area (Å²) in [4.78, 5) is 13.6. The van der Waals surface area contributed by atoms with E-state index in [0.29, 0.717) is 13.2 Å². The summed E-state index contributed by atoms with van der Waals surface area (Å²) in [7, 11) is 0. The maximum absolute atomic E-state index is 11.9. The Morgan fingerprint density at radius 2 is 1.89 bits per heavy atom. The molecule has 1 amide bonds. The smallest absolute Gasteiger partial charge is 0.226 e. The molecule has 3 nitrogen and oxygen atoms in total. The van der Waals surface area contributed by atoms with Crippen LogP contribution in [0.25, 0.3) is 0 Å². The van der Waals surface area contributed by atoms with Crippen LogP contribution in [0.5, 0.6) is 0 Å². The number of carbonyl (C=O) groups excluding carboxylic acids is 1. The van der Waals surface area contributed by atoms with Crippen molar-refractivity contribution in [2.75, 3.05) is 13.2 Å². The van der Waals surface area contributed by atoms with Crippen LogP contribution in [0, 0.1) is 5.92 Å². The Kier molecular flexibility index (Phi) is 5.86. The lowest BCUT2D eigenvalue weighted by molar-refractivity contribution is -0.134. The van der Waals surface area contributed by atoms with Crippen molar-refractivity contribution >= 4 is 5.91 Å². The number of benzene rings is 1. The zero-order chi connectivity index (χ0) is 13.5. The third kappa shape index (κ3) is 3.84. The summed E-state index contributed by atoms with van der Waals surface area (Å²) >= 11 is 0. The average molecular weight is 248 g/mol. The van der Waals surface area contributed by atoms with Crippen LogP contribution in [0.15, 0.2) is 24.3 Å². The number of hydrogen-bond acceptors (Lipinski definition) is 2. The first-order valence-corrected chi connectivity index (χ1v) is 6.65. The van der Waals surface area contributed by atoms with Gasteiger partial charge < -0.3 is 10.6 Å². The highest BCUT2D eigenvalue weighted by Gasteiger charge is 2.15. The van der Waals surface area contributed by atoms with Gasteiger partial charge in [0.25, 0.3) is 0 Å². The van der Waals surface area contributed by atoms with Gasteiger partial charge in [-0.2, -0.15) is 0 Å². The lowest BCUT2D eigenvalue weighted by Crippen LogP contribution is -2.40. The molecule has 1 aromatic carbocycles. The number of nitrogens with zero attached hydrogens (tertiary/aromatic N) is 1. The van der Waals surface area contributed by atoms with Crippen molar-refractivity contribution in [3.8, 4) is 0 Å². The maximum Gasteiger partial charge on any atom is 0.226 e. The Morgan fingerprint density at radius 1 is 1.28 bits per heavy atom. The van der Waals surface area contributed by atoms with E-state index in [1.807, 2.05) is 19.9 Å². The summed E-state index contributed by atoms with van der Waals surface area (Å²) < 4.78 is 0. The predicted molar refractivity (Wildman–Crippen MR) is 75.1 cm³/mol. The first-order valence-electron chi connectivity index (χ1n) is 6.65. The molecule has 0 heterocycles. The van der Waals surface area contributed by atoms with Gasteiger partial charge in [0.15, 0.2) is 0 Å². The van der Waals surface area contributed by atoms with Crippen molar-refractivity contribution in [2.24, 2.45) is 11.7 Å². The fourth-order valence-corrected chi connectivity index (χ4v) is 2.06. The largest absolute Gasteiger partial charge is 0.330 e. The second-order valence-corrected chi connectivity index (χ2v) is 4.81. The van der Waals surface area contributed by atoms with Crippen LogP contribution < -0.4 is 5.73 Å². The monoisotopic (exact) mass is 248 g/mol. The molecule has 0 radical (unpaired) electrons. The summed E-state index contributed by atoms with van der Waals surface area (Å²) in [5.41, 5.74) is 8.32. The van der Waals surface area contributed by atoms with Crippen LogP contribution in [0.3, 0.4) is 0 Å². The molecule has 1 rings (SSSR count). The fourth-order valence-electron chi connectivity index (χ4n) is 2.06. The molecular weight excluding hydrogens is 224 g/mol. The molecule has 0 atom stereocenters. The van der Waals surface area contributed by atoms with Crippen molar-refractivity contribution in [3.63, 3.8) is 0 Å². The molecule has 2 N–H and O–H groups in total. The van der Waals surface area contributed by atoms with Crippen LogP contribution in [0.1, 0.15) is 31.9 Å². The van der Waals surface area contributed by atoms with Crippen LogP contribution in [-0.4, -0.2) is 24.0 Å². The quantitative estimate of drug-likeness (QED) is 0.784. The second kappa shape index (κ2) is 7.17. The minimum atomic E-state index is 0.00923. The molecule has 100 valence electrons. The third-order valence-corrected chi connectivity index (χ3v) is 3.18. The van der Waals surface area contributed by atoms with Crippen LogP contribution in [-0.2, 0) is 17.6 Å². The Balaban J connectivity index is 2.65. The van der Waals surface area contributed by atoms with Crippen molar-refractivity contribution in [1.82, 2.24) is 4.90 Å². The van der Waals surface area contributed by atoms with E-state index in [0.717, 1.165) is 12.8 Å². The molecule has 0 saturated heterocycles.